The highest BCUT2D eigenvalue weighted by atomic mass is 32.2. The highest BCUT2D eigenvalue weighted by Gasteiger charge is 2.32. The van der Waals surface area contributed by atoms with E-state index in [1.54, 1.807) is 0 Å². The van der Waals surface area contributed by atoms with E-state index in [2.05, 4.69) is 0 Å². The molecule has 1 aromatic rings. The molecule has 22 heavy (non-hydrogen) atoms. The summed E-state index contributed by atoms with van der Waals surface area (Å²) in [5.74, 6) is -1.26. The van der Waals surface area contributed by atoms with E-state index >= 15 is 0 Å². The summed E-state index contributed by atoms with van der Waals surface area (Å²) in [7, 11) is 0. The number of alkyl halides is 6. The summed E-state index contributed by atoms with van der Waals surface area (Å²) < 4.78 is 71.8. The van der Waals surface area contributed by atoms with Gasteiger partial charge in [0.2, 0.25) is 11.0 Å². The van der Waals surface area contributed by atoms with Crippen molar-refractivity contribution >= 4 is 28.5 Å². The zero-order valence-electron chi connectivity index (χ0n) is 10.7. The Morgan fingerprint density at radius 2 is 1.41 bits per heavy atom. The standard InChI is InChI=1S/C12H9F6NO2S/c13-11(14,15)5-9(20)19-7-1-3-8(4-2-7)22-10(21)6-12(16,17)18/h1-4H,5-6H2,(H,19,20). The van der Waals surface area contributed by atoms with E-state index in [9.17, 15) is 35.9 Å². The Morgan fingerprint density at radius 3 is 1.86 bits per heavy atom. The zero-order chi connectivity index (χ0) is 17.0. The van der Waals surface area contributed by atoms with Crippen molar-refractivity contribution in [1.29, 1.82) is 0 Å². The van der Waals surface area contributed by atoms with Crippen molar-refractivity contribution < 1.29 is 35.9 Å². The molecule has 0 saturated heterocycles. The molecule has 122 valence electrons. The third kappa shape index (κ3) is 7.91. The molecule has 1 aromatic carbocycles. The van der Waals surface area contributed by atoms with Crippen molar-refractivity contribution in [3.8, 4) is 0 Å². The Labute approximate surface area is 125 Å². The molecule has 0 aromatic heterocycles. The zero-order valence-corrected chi connectivity index (χ0v) is 11.5. The van der Waals surface area contributed by atoms with Crippen LogP contribution in [0.25, 0.3) is 0 Å². The van der Waals surface area contributed by atoms with Crippen LogP contribution in [0.2, 0.25) is 0 Å². The Balaban J connectivity index is 2.56. The summed E-state index contributed by atoms with van der Waals surface area (Å²) in [5.41, 5.74) is 0.0434. The van der Waals surface area contributed by atoms with Gasteiger partial charge in [0.25, 0.3) is 0 Å². The van der Waals surface area contributed by atoms with Crippen LogP contribution in [0, 0.1) is 0 Å². The summed E-state index contributed by atoms with van der Waals surface area (Å²) in [6.45, 7) is 0. The van der Waals surface area contributed by atoms with Crippen LogP contribution < -0.4 is 5.32 Å². The smallest absolute Gasteiger partial charge is 0.326 e. The SMILES string of the molecule is O=C(CC(F)(F)F)Nc1ccc(SC(=O)CC(F)(F)F)cc1. The second kappa shape index (κ2) is 7.03. The topological polar surface area (TPSA) is 46.2 Å². The summed E-state index contributed by atoms with van der Waals surface area (Å²) >= 11 is 0.356. The molecule has 0 saturated carbocycles. The van der Waals surface area contributed by atoms with Crippen molar-refractivity contribution in [2.45, 2.75) is 30.1 Å². The fourth-order valence-electron chi connectivity index (χ4n) is 1.32. The largest absolute Gasteiger partial charge is 0.397 e. The highest BCUT2D eigenvalue weighted by molar-refractivity contribution is 8.13. The van der Waals surface area contributed by atoms with Gasteiger partial charge in [0.15, 0.2) is 0 Å². The number of rotatable bonds is 4. The molecule has 0 aliphatic carbocycles. The number of hydrogen-bond donors (Lipinski definition) is 1. The molecule has 0 radical (unpaired) electrons. The lowest BCUT2D eigenvalue weighted by Gasteiger charge is -2.08. The average molecular weight is 345 g/mol. The van der Waals surface area contributed by atoms with E-state index in [1.165, 1.54) is 24.3 Å². The molecule has 0 aliphatic rings. The molecule has 1 rings (SSSR count). The van der Waals surface area contributed by atoms with Crippen molar-refractivity contribution in [3.05, 3.63) is 24.3 Å². The predicted molar refractivity (Wildman–Crippen MR) is 67.3 cm³/mol. The maximum absolute atomic E-state index is 12.0. The molecular weight excluding hydrogens is 336 g/mol. The number of hydrogen-bond acceptors (Lipinski definition) is 3. The molecule has 3 nitrogen and oxygen atoms in total. The van der Waals surface area contributed by atoms with Crippen LogP contribution in [0.4, 0.5) is 32.0 Å². The summed E-state index contributed by atoms with van der Waals surface area (Å²) in [5, 5.41) is 0.874. The van der Waals surface area contributed by atoms with Gasteiger partial charge in [-0.05, 0) is 24.3 Å². The lowest BCUT2D eigenvalue weighted by molar-refractivity contribution is -0.150. The van der Waals surface area contributed by atoms with Crippen molar-refractivity contribution in [1.82, 2.24) is 0 Å². The van der Waals surface area contributed by atoms with Crippen molar-refractivity contribution in [2.75, 3.05) is 5.32 Å². The molecule has 0 fully saturated rings. The van der Waals surface area contributed by atoms with Gasteiger partial charge in [-0.1, -0.05) is 11.8 Å². The molecule has 0 heterocycles. The molecular formula is C12H9F6NO2S. The number of thioether (sulfide) groups is 1. The third-order valence-corrected chi connectivity index (χ3v) is 2.96. The molecule has 0 spiro atoms. The normalized spacial score (nSPS) is 12.1. The quantitative estimate of drug-likeness (QED) is 0.659. The van der Waals surface area contributed by atoms with Gasteiger partial charge in [0.05, 0.1) is 0 Å². The first-order chi connectivity index (χ1) is 9.94. The first-order valence-electron chi connectivity index (χ1n) is 5.69. The predicted octanol–water partition coefficient (Wildman–Crippen LogP) is 4.15. The number of anilines is 1. The van der Waals surface area contributed by atoms with Gasteiger partial charge < -0.3 is 5.32 Å². The van der Waals surface area contributed by atoms with Crippen LogP contribution in [-0.2, 0) is 9.59 Å². The van der Waals surface area contributed by atoms with E-state index in [1.807, 2.05) is 5.32 Å². The molecule has 0 atom stereocenters. The molecule has 1 amide bonds. The van der Waals surface area contributed by atoms with Gasteiger partial charge in [0.1, 0.15) is 12.8 Å². The Bertz CT molecular complexity index is 489. The summed E-state index contributed by atoms with van der Waals surface area (Å²) in [6, 6.07) is 4.83. The maximum Gasteiger partial charge on any atom is 0.397 e. The minimum Gasteiger partial charge on any atom is -0.326 e. The minimum atomic E-state index is -4.64. The monoisotopic (exact) mass is 345 g/mol. The van der Waals surface area contributed by atoms with Crippen LogP contribution in [0.5, 0.6) is 0 Å². The Morgan fingerprint density at radius 1 is 0.909 bits per heavy atom. The van der Waals surface area contributed by atoms with E-state index in [0.29, 0.717) is 11.8 Å². The van der Waals surface area contributed by atoms with E-state index < -0.39 is 36.2 Å². The van der Waals surface area contributed by atoms with E-state index in [4.69, 9.17) is 0 Å². The lowest BCUT2D eigenvalue weighted by atomic mass is 10.3. The van der Waals surface area contributed by atoms with Gasteiger partial charge in [-0.2, -0.15) is 26.3 Å². The molecule has 0 unspecified atom stereocenters. The number of benzene rings is 1. The van der Waals surface area contributed by atoms with Gasteiger partial charge in [-0.15, -0.1) is 0 Å². The van der Waals surface area contributed by atoms with Crippen LogP contribution >= 0.6 is 11.8 Å². The van der Waals surface area contributed by atoms with Crippen molar-refractivity contribution in [2.24, 2.45) is 0 Å². The van der Waals surface area contributed by atoms with Gasteiger partial charge in [0, 0.05) is 10.6 Å². The number of carbonyl (C=O) groups excluding carboxylic acids is 2. The van der Waals surface area contributed by atoms with Crippen LogP contribution in [0.1, 0.15) is 12.8 Å². The summed E-state index contributed by atoms with van der Waals surface area (Å²) in [4.78, 5) is 22.3. The fraction of sp³-hybridized carbons (Fsp3) is 0.333. The van der Waals surface area contributed by atoms with Crippen LogP contribution in [0.3, 0.4) is 0 Å². The van der Waals surface area contributed by atoms with E-state index in [0.717, 1.165) is 0 Å². The second-order valence-electron chi connectivity index (χ2n) is 4.13. The van der Waals surface area contributed by atoms with Crippen LogP contribution in [-0.4, -0.2) is 23.4 Å². The number of carbonyl (C=O) groups is 2. The molecule has 10 heteroatoms. The first-order valence-corrected chi connectivity index (χ1v) is 6.50. The third-order valence-electron chi connectivity index (χ3n) is 2.08. The Hall–Kier alpha value is -1.71. The second-order valence-corrected chi connectivity index (χ2v) is 5.26. The number of amides is 1. The molecule has 1 N–H and O–H groups in total. The minimum absolute atomic E-state index is 0.0434. The van der Waals surface area contributed by atoms with Crippen molar-refractivity contribution in [3.63, 3.8) is 0 Å². The molecule has 0 aliphatic heterocycles. The number of halogens is 6. The molecule has 0 bridgehead atoms. The first kappa shape index (κ1) is 18.3. The lowest BCUT2D eigenvalue weighted by Crippen LogP contribution is -2.21. The maximum atomic E-state index is 12.0. The van der Waals surface area contributed by atoms with Gasteiger partial charge in [-0.25, -0.2) is 0 Å². The highest BCUT2D eigenvalue weighted by Crippen LogP contribution is 2.28. The number of nitrogens with one attached hydrogen (secondary N) is 1. The van der Waals surface area contributed by atoms with Crippen LogP contribution in [0.15, 0.2) is 29.2 Å². The average Bonchev–Trinajstić information content (AvgIpc) is 2.26. The Kier molecular flexibility index (Phi) is 5.86. The summed E-state index contributed by atoms with van der Waals surface area (Å²) in [6.07, 6.45) is -12.5. The van der Waals surface area contributed by atoms with Gasteiger partial charge >= 0.3 is 12.4 Å². The van der Waals surface area contributed by atoms with Gasteiger partial charge in [-0.3, -0.25) is 9.59 Å². The van der Waals surface area contributed by atoms with E-state index in [-0.39, 0.29) is 10.6 Å². The fourth-order valence-corrected chi connectivity index (χ4v) is 2.10.